The Labute approximate surface area is 185 Å². The molecule has 1 N–H and O–H groups in total. The molecule has 0 saturated carbocycles. The molecule has 0 radical (unpaired) electrons. The van der Waals surface area contributed by atoms with Gasteiger partial charge in [0.25, 0.3) is 0 Å². The number of pyridine rings is 1. The highest BCUT2D eigenvalue weighted by atomic mass is 35.5. The normalized spacial score (nSPS) is 18.5. The van der Waals surface area contributed by atoms with Crippen molar-refractivity contribution in [3.05, 3.63) is 64.7 Å². The van der Waals surface area contributed by atoms with Gasteiger partial charge in [-0.2, -0.15) is 0 Å². The van der Waals surface area contributed by atoms with Crippen LogP contribution in [-0.4, -0.2) is 65.5 Å². The van der Waals surface area contributed by atoms with Crippen LogP contribution in [0.4, 0.5) is 9.18 Å². The summed E-state index contributed by atoms with van der Waals surface area (Å²) in [7, 11) is 0. The molecule has 1 aromatic heterocycles. The predicted octanol–water partition coefficient (Wildman–Crippen LogP) is 2.48. The van der Waals surface area contributed by atoms with Gasteiger partial charge in [-0.05, 0) is 22.8 Å². The minimum absolute atomic E-state index is 0.112. The second-order valence-electron chi connectivity index (χ2n) is 7.61. The maximum atomic E-state index is 14.2. The number of rotatable bonds is 4. The molecule has 3 heterocycles. The van der Waals surface area contributed by atoms with Gasteiger partial charge in [-0.25, -0.2) is 9.18 Å². The first-order valence-corrected chi connectivity index (χ1v) is 10.8. The number of aromatic nitrogens is 1. The predicted molar refractivity (Wildman–Crippen MR) is 113 cm³/mol. The van der Waals surface area contributed by atoms with E-state index in [1.165, 1.54) is 6.07 Å². The van der Waals surface area contributed by atoms with E-state index in [1.54, 1.807) is 9.80 Å². The Morgan fingerprint density at radius 2 is 1.97 bits per heavy atom. The largest absolute Gasteiger partial charge is 0.378 e. The number of fused-ring (bicyclic) bond motifs is 1. The zero-order chi connectivity index (χ0) is 21.8. The van der Waals surface area contributed by atoms with E-state index in [0.29, 0.717) is 50.7 Å². The number of benzene rings is 1. The average Bonchev–Trinajstić information content (AvgIpc) is 2.82. The number of carbonyl (C=O) groups excluding carboxylic acids is 2. The van der Waals surface area contributed by atoms with Crippen LogP contribution in [0.1, 0.15) is 28.3 Å². The zero-order valence-electron chi connectivity index (χ0n) is 17.0. The van der Waals surface area contributed by atoms with Crippen LogP contribution in [0.3, 0.4) is 0 Å². The molecule has 0 spiro atoms. The van der Waals surface area contributed by atoms with Crippen molar-refractivity contribution >= 4 is 23.5 Å². The summed E-state index contributed by atoms with van der Waals surface area (Å²) in [6.45, 7) is 3.08. The van der Waals surface area contributed by atoms with Crippen LogP contribution in [0.2, 0.25) is 0 Å². The first-order chi connectivity index (χ1) is 15.1. The number of nitrogens with zero attached hydrogens (tertiary/aromatic N) is 3. The Morgan fingerprint density at radius 1 is 1.19 bits per heavy atom. The second-order valence-corrected chi connectivity index (χ2v) is 7.87. The summed E-state index contributed by atoms with van der Waals surface area (Å²) < 4.78 is 19.5. The number of halogens is 2. The Hall–Kier alpha value is -2.71. The first-order valence-electron chi connectivity index (χ1n) is 10.2. The van der Waals surface area contributed by atoms with Crippen LogP contribution in [0.15, 0.2) is 36.5 Å². The van der Waals surface area contributed by atoms with Gasteiger partial charge in [-0.15, -0.1) is 11.6 Å². The molecule has 2 aromatic rings. The molecule has 1 atom stereocenters. The van der Waals surface area contributed by atoms with Gasteiger partial charge in [0.2, 0.25) is 5.91 Å². The molecule has 0 bridgehead atoms. The molecule has 31 heavy (non-hydrogen) atoms. The summed E-state index contributed by atoms with van der Waals surface area (Å²) >= 11 is 5.80. The molecule has 0 unspecified atom stereocenters. The van der Waals surface area contributed by atoms with Gasteiger partial charge in [-0.1, -0.05) is 24.3 Å². The fraction of sp³-hybridized carbons (Fsp3) is 0.409. The molecular formula is C22H24ClFN4O3. The smallest absolute Gasteiger partial charge is 0.317 e. The molecule has 4 rings (SSSR count). The Kier molecular flexibility index (Phi) is 6.67. The maximum absolute atomic E-state index is 14.2. The van der Waals surface area contributed by atoms with Crippen LogP contribution in [-0.2, 0) is 22.6 Å². The number of ether oxygens (including phenoxy) is 1. The Bertz CT molecular complexity index is 968. The van der Waals surface area contributed by atoms with E-state index in [4.69, 9.17) is 16.3 Å². The first kappa shape index (κ1) is 21.5. The number of hydrogen-bond donors (Lipinski definition) is 1. The highest BCUT2D eigenvalue weighted by molar-refractivity contribution is 6.27. The molecule has 9 heteroatoms. The van der Waals surface area contributed by atoms with E-state index in [0.717, 1.165) is 17.3 Å². The molecule has 1 saturated heterocycles. The number of morpholine rings is 1. The maximum Gasteiger partial charge on any atom is 0.317 e. The number of urea groups is 1. The molecular weight excluding hydrogens is 423 g/mol. The Balaban J connectivity index is 1.61. The van der Waals surface area contributed by atoms with E-state index < -0.39 is 5.82 Å². The summed E-state index contributed by atoms with van der Waals surface area (Å²) in [6, 6.07) is 9.03. The van der Waals surface area contributed by atoms with Crippen LogP contribution in [0, 0.1) is 5.82 Å². The van der Waals surface area contributed by atoms with Gasteiger partial charge in [-0.3, -0.25) is 9.78 Å². The molecule has 0 aliphatic carbocycles. The number of amides is 3. The number of nitrogens with one attached hydrogen (secondary N) is 1. The van der Waals surface area contributed by atoms with Crippen LogP contribution in [0.25, 0.3) is 0 Å². The summed E-state index contributed by atoms with van der Waals surface area (Å²) in [4.78, 5) is 32.5. The molecule has 164 valence electrons. The van der Waals surface area contributed by atoms with Crippen molar-refractivity contribution in [2.45, 2.75) is 19.0 Å². The summed E-state index contributed by atoms with van der Waals surface area (Å²) in [5.41, 5.74) is 3.24. The van der Waals surface area contributed by atoms with Crippen molar-refractivity contribution in [1.29, 1.82) is 0 Å². The van der Waals surface area contributed by atoms with Gasteiger partial charge in [0.15, 0.2) is 0 Å². The van der Waals surface area contributed by atoms with E-state index in [9.17, 15) is 14.0 Å². The number of hydrogen-bond acceptors (Lipinski definition) is 4. The number of alkyl halides is 1. The molecule has 2 aliphatic heterocycles. The van der Waals surface area contributed by atoms with E-state index in [1.807, 2.05) is 24.3 Å². The summed E-state index contributed by atoms with van der Waals surface area (Å²) in [6.07, 6.45) is 1.15. The van der Waals surface area contributed by atoms with Gasteiger partial charge in [0.1, 0.15) is 11.7 Å². The second kappa shape index (κ2) is 9.62. The van der Waals surface area contributed by atoms with E-state index in [-0.39, 0.29) is 30.3 Å². The number of carbonyl (C=O) groups is 2. The van der Waals surface area contributed by atoms with E-state index in [2.05, 4.69) is 10.3 Å². The SMILES string of the molecule is O=C(CCl)N1Cc2ccccc2[C@H](c2cc(F)cnc2CNC(=O)N2CCOCC2)C1. The van der Waals surface area contributed by atoms with Crippen molar-refractivity contribution < 1.29 is 18.7 Å². The fourth-order valence-electron chi connectivity index (χ4n) is 4.12. The lowest BCUT2D eigenvalue weighted by molar-refractivity contribution is -0.129. The van der Waals surface area contributed by atoms with Crippen molar-refractivity contribution in [3.8, 4) is 0 Å². The molecule has 2 aliphatic rings. The molecule has 1 aromatic carbocycles. The Morgan fingerprint density at radius 3 is 2.74 bits per heavy atom. The monoisotopic (exact) mass is 446 g/mol. The van der Waals surface area contributed by atoms with Crippen molar-refractivity contribution in [2.75, 3.05) is 38.7 Å². The minimum Gasteiger partial charge on any atom is -0.378 e. The highest BCUT2D eigenvalue weighted by Gasteiger charge is 2.31. The van der Waals surface area contributed by atoms with Gasteiger partial charge in [0.05, 0.1) is 31.6 Å². The van der Waals surface area contributed by atoms with Gasteiger partial charge < -0.3 is 19.9 Å². The average molecular weight is 447 g/mol. The quantitative estimate of drug-likeness (QED) is 0.732. The topological polar surface area (TPSA) is 74.8 Å². The third-order valence-corrected chi connectivity index (χ3v) is 5.94. The van der Waals surface area contributed by atoms with E-state index >= 15 is 0 Å². The summed E-state index contributed by atoms with van der Waals surface area (Å²) in [5.74, 6) is -1.02. The van der Waals surface area contributed by atoms with Crippen LogP contribution < -0.4 is 5.32 Å². The lowest BCUT2D eigenvalue weighted by Crippen LogP contribution is -2.46. The third-order valence-electron chi connectivity index (χ3n) is 5.71. The summed E-state index contributed by atoms with van der Waals surface area (Å²) in [5, 5.41) is 2.88. The fourth-order valence-corrected chi connectivity index (χ4v) is 4.29. The lowest BCUT2D eigenvalue weighted by Gasteiger charge is -2.35. The zero-order valence-corrected chi connectivity index (χ0v) is 17.8. The van der Waals surface area contributed by atoms with Gasteiger partial charge in [0, 0.05) is 32.1 Å². The van der Waals surface area contributed by atoms with Crippen LogP contribution >= 0.6 is 11.6 Å². The van der Waals surface area contributed by atoms with Gasteiger partial charge >= 0.3 is 6.03 Å². The molecule has 3 amide bonds. The van der Waals surface area contributed by atoms with Crippen molar-refractivity contribution in [1.82, 2.24) is 20.1 Å². The highest BCUT2D eigenvalue weighted by Crippen LogP contribution is 2.35. The van der Waals surface area contributed by atoms with Crippen LogP contribution in [0.5, 0.6) is 0 Å². The third kappa shape index (κ3) is 4.80. The molecule has 1 fully saturated rings. The lowest BCUT2D eigenvalue weighted by atomic mass is 9.83. The van der Waals surface area contributed by atoms with Crippen molar-refractivity contribution in [3.63, 3.8) is 0 Å². The standard InChI is InChI=1S/C22H24ClFN4O3/c23-10-21(29)28-13-15-3-1-2-4-17(15)19(14-28)18-9-16(24)11-25-20(18)12-26-22(30)27-5-7-31-8-6-27/h1-4,9,11,19H,5-8,10,12-14H2,(H,26,30)/t19-/m1/s1. The minimum atomic E-state index is -0.462. The van der Waals surface area contributed by atoms with Crippen molar-refractivity contribution in [2.24, 2.45) is 0 Å². The molecule has 7 nitrogen and oxygen atoms in total.